The van der Waals surface area contributed by atoms with Crippen molar-refractivity contribution >= 4 is 27.9 Å². The predicted octanol–water partition coefficient (Wildman–Crippen LogP) is 2.63. The van der Waals surface area contributed by atoms with E-state index in [9.17, 15) is 4.79 Å². The zero-order chi connectivity index (χ0) is 21.1. The van der Waals surface area contributed by atoms with Crippen LogP contribution in [-0.4, -0.2) is 50.4 Å². The highest BCUT2D eigenvalue weighted by atomic mass is 16.5. The number of ketones is 1. The molecule has 0 aliphatic carbocycles. The van der Waals surface area contributed by atoms with Crippen molar-refractivity contribution in [3.63, 3.8) is 0 Å². The SMILES string of the molecule is Cn1c(Cc2nc3ccc(OCCO)cc3o2)nc2cc(C(=O)CCCO)ccc21. The molecule has 2 heterocycles. The number of fused-ring (bicyclic) bond motifs is 2. The summed E-state index contributed by atoms with van der Waals surface area (Å²) in [4.78, 5) is 21.4. The van der Waals surface area contributed by atoms with Gasteiger partial charge in [-0.1, -0.05) is 0 Å². The van der Waals surface area contributed by atoms with Crippen LogP contribution in [0.5, 0.6) is 5.75 Å². The molecule has 4 aromatic rings. The van der Waals surface area contributed by atoms with Gasteiger partial charge in [-0.15, -0.1) is 0 Å². The van der Waals surface area contributed by atoms with Gasteiger partial charge in [0.25, 0.3) is 0 Å². The molecule has 30 heavy (non-hydrogen) atoms. The zero-order valence-electron chi connectivity index (χ0n) is 16.7. The molecule has 8 heteroatoms. The van der Waals surface area contributed by atoms with Crippen molar-refractivity contribution in [3.8, 4) is 5.75 Å². The number of benzene rings is 2. The van der Waals surface area contributed by atoms with Gasteiger partial charge in [0.1, 0.15) is 23.7 Å². The fraction of sp³-hybridized carbons (Fsp3) is 0.318. The van der Waals surface area contributed by atoms with Crippen LogP contribution in [-0.2, 0) is 13.5 Å². The molecule has 0 fully saturated rings. The van der Waals surface area contributed by atoms with Crippen LogP contribution in [0.4, 0.5) is 0 Å². The molecule has 0 aliphatic heterocycles. The third-order valence-electron chi connectivity index (χ3n) is 4.93. The van der Waals surface area contributed by atoms with Crippen LogP contribution >= 0.6 is 0 Å². The van der Waals surface area contributed by atoms with Gasteiger partial charge in [-0.2, -0.15) is 0 Å². The van der Waals surface area contributed by atoms with Gasteiger partial charge in [-0.25, -0.2) is 9.97 Å². The standard InChI is InChI=1S/C22H23N3O5/c1-25-18-7-4-14(19(28)3-2-8-26)11-17(18)23-21(25)13-22-24-16-6-5-15(29-10-9-27)12-20(16)30-22/h4-7,11-12,26-27H,2-3,8-10,13H2,1H3. The van der Waals surface area contributed by atoms with Gasteiger partial charge in [0.15, 0.2) is 11.4 Å². The molecule has 8 nitrogen and oxygen atoms in total. The second-order valence-electron chi connectivity index (χ2n) is 7.03. The lowest BCUT2D eigenvalue weighted by Gasteiger charge is -2.02. The van der Waals surface area contributed by atoms with E-state index in [1.807, 2.05) is 23.7 Å². The monoisotopic (exact) mass is 409 g/mol. The van der Waals surface area contributed by atoms with Crippen LogP contribution in [0, 0.1) is 0 Å². The number of oxazole rings is 1. The van der Waals surface area contributed by atoms with Crippen molar-refractivity contribution in [2.24, 2.45) is 7.05 Å². The molecular weight excluding hydrogens is 386 g/mol. The predicted molar refractivity (Wildman–Crippen MR) is 111 cm³/mol. The minimum atomic E-state index is -0.0544. The third-order valence-corrected chi connectivity index (χ3v) is 4.93. The van der Waals surface area contributed by atoms with E-state index in [-0.39, 0.29) is 25.6 Å². The van der Waals surface area contributed by atoms with Crippen LogP contribution in [0.1, 0.15) is 34.9 Å². The Balaban J connectivity index is 1.58. The maximum absolute atomic E-state index is 12.2. The molecule has 0 unspecified atom stereocenters. The van der Waals surface area contributed by atoms with Crippen LogP contribution in [0.3, 0.4) is 0 Å². The Bertz CT molecular complexity index is 1190. The van der Waals surface area contributed by atoms with E-state index < -0.39 is 0 Å². The summed E-state index contributed by atoms with van der Waals surface area (Å²) in [5, 5.41) is 17.8. The van der Waals surface area contributed by atoms with Gasteiger partial charge < -0.3 is 23.9 Å². The Morgan fingerprint density at radius 1 is 1.10 bits per heavy atom. The molecule has 0 atom stereocenters. The maximum Gasteiger partial charge on any atom is 0.203 e. The lowest BCUT2D eigenvalue weighted by Crippen LogP contribution is -2.01. The Labute approximate surface area is 172 Å². The van der Waals surface area contributed by atoms with E-state index in [1.165, 1.54) is 0 Å². The molecule has 0 saturated carbocycles. The number of aromatic nitrogens is 3. The minimum Gasteiger partial charge on any atom is -0.491 e. The Kier molecular flexibility index (Phi) is 5.78. The Morgan fingerprint density at radius 3 is 2.77 bits per heavy atom. The average Bonchev–Trinajstić information content (AvgIpc) is 3.30. The third kappa shape index (κ3) is 4.05. The first-order valence-corrected chi connectivity index (χ1v) is 9.81. The van der Waals surface area contributed by atoms with E-state index in [0.717, 1.165) is 22.4 Å². The van der Waals surface area contributed by atoms with Crippen LogP contribution in [0.2, 0.25) is 0 Å². The number of nitrogens with zero attached hydrogens (tertiary/aromatic N) is 3. The number of Topliss-reactive ketones (excluding diaryl/α,β-unsaturated/α-hetero) is 1. The number of hydrogen-bond acceptors (Lipinski definition) is 7. The first-order chi connectivity index (χ1) is 14.6. The number of aliphatic hydroxyl groups excluding tert-OH is 2. The van der Waals surface area contributed by atoms with Crippen molar-refractivity contribution in [1.82, 2.24) is 14.5 Å². The molecule has 0 saturated heterocycles. The first kappa shape index (κ1) is 20.1. The van der Waals surface area contributed by atoms with Gasteiger partial charge in [-0.05, 0) is 36.8 Å². The van der Waals surface area contributed by atoms with E-state index in [2.05, 4.69) is 9.97 Å². The van der Waals surface area contributed by atoms with Crippen molar-refractivity contribution in [2.45, 2.75) is 19.3 Å². The summed E-state index contributed by atoms with van der Waals surface area (Å²) >= 11 is 0. The van der Waals surface area contributed by atoms with Gasteiger partial charge in [-0.3, -0.25) is 4.79 Å². The smallest absolute Gasteiger partial charge is 0.203 e. The van der Waals surface area contributed by atoms with Crippen molar-refractivity contribution < 1.29 is 24.2 Å². The van der Waals surface area contributed by atoms with Gasteiger partial charge in [0, 0.05) is 31.7 Å². The quantitative estimate of drug-likeness (QED) is 0.409. The van der Waals surface area contributed by atoms with Gasteiger partial charge in [0.2, 0.25) is 5.89 Å². The lowest BCUT2D eigenvalue weighted by molar-refractivity contribution is 0.0971. The van der Waals surface area contributed by atoms with Crippen LogP contribution < -0.4 is 4.74 Å². The highest BCUT2D eigenvalue weighted by molar-refractivity contribution is 5.99. The number of rotatable bonds is 9. The normalized spacial score (nSPS) is 11.4. The molecule has 0 amide bonds. The fourth-order valence-electron chi connectivity index (χ4n) is 3.38. The number of aryl methyl sites for hydroxylation is 1. The zero-order valence-corrected chi connectivity index (χ0v) is 16.7. The number of hydrogen-bond donors (Lipinski definition) is 2. The van der Waals surface area contributed by atoms with E-state index >= 15 is 0 Å². The number of imidazole rings is 1. The average molecular weight is 409 g/mol. The summed E-state index contributed by atoms with van der Waals surface area (Å²) in [5.41, 5.74) is 3.57. The van der Waals surface area contributed by atoms with Gasteiger partial charge >= 0.3 is 0 Å². The summed E-state index contributed by atoms with van der Waals surface area (Å²) in [5.74, 6) is 1.91. The van der Waals surface area contributed by atoms with Crippen molar-refractivity contribution in [1.29, 1.82) is 0 Å². The van der Waals surface area contributed by atoms with Crippen molar-refractivity contribution in [2.75, 3.05) is 19.8 Å². The summed E-state index contributed by atoms with van der Waals surface area (Å²) in [6.07, 6.45) is 1.17. The molecule has 0 radical (unpaired) electrons. The fourth-order valence-corrected chi connectivity index (χ4v) is 3.38. The van der Waals surface area contributed by atoms with Gasteiger partial charge in [0.05, 0.1) is 24.1 Å². The van der Waals surface area contributed by atoms with Crippen LogP contribution in [0.15, 0.2) is 40.8 Å². The second-order valence-corrected chi connectivity index (χ2v) is 7.03. The molecule has 2 aromatic carbocycles. The minimum absolute atomic E-state index is 0.00126. The van der Waals surface area contributed by atoms with E-state index in [4.69, 9.17) is 19.4 Å². The largest absolute Gasteiger partial charge is 0.491 e. The van der Waals surface area contributed by atoms with Crippen LogP contribution in [0.25, 0.3) is 22.1 Å². The first-order valence-electron chi connectivity index (χ1n) is 9.81. The molecule has 156 valence electrons. The summed E-state index contributed by atoms with van der Waals surface area (Å²) < 4.78 is 13.2. The number of ether oxygens (including phenoxy) is 1. The molecule has 0 aliphatic rings. The van der Waals surface area contributed by atoms with Crippen molar-refractivity contribution in [3.05, 3.63) is 53.7 Å². The number of carbonyl (C=O) groups is 1. The highest BCUT2D eigenvalue weighted by Crippen LogP contribution is 2.24. The molecular formula is C22H23N3O5. The lowest BCUT2D eigenvalue weighted by atomic mass is 10.1. The molecule has 0 bridgehead atoms. The summed E-state index contributed by atoms with van der Waals surface area (Å²) in [6.45, 7) is 0.166. The number of carbonyl (C=O) groups excluding carboxylic acids is 1. The van der Waals surface area contributed by atoms with E-state index in [1.54, 1.807) is 24.3 Å². The topological polar surface area (TPSA) is 111 Å². The molecule has 0 spiro atoms. The Hall–Kier alpha value is -3.23. The van der Waals surface area contributed by atoms with E-state index in [0.29, 0.717) is 42.0 Å². The molecule has 2 N–H and O–H groups in total. The number of aliphatic hydroxyl groups is 2. The summed E-state index contributed by atoms with van der Waals surface area (Å²) in [7, 11) is 1.92. The second kappa shape index (κ2) is 8.64. The molecule has 4 rings (SSSR count). The summed E-state index contributed by atoms with van der Waals surface area (Å²) in [6, 6.07) is 10.8. The highest BCUT2D eigenvalue weighted by Gasteiger charge is 2.15. The maximum atomic E-state index is 12.2. The Morgan fingerprint density at radius 2 is 1.97 bits per heavy atom. The molecule has 2 aromatic heterocycles.